The Morgan fingerprint density at radius 1 is 1.35 bits per heavy atom. The van der Waals surface area contributed by atoms with E-state index in [1.807, 2.05) is 18.2 Å². The summed E-state index contributed by atoms with van der Waals surface area (Å²) in [5.74, 6) is 1.03. The Bertz CT molecular complexity index is 847. The highest BCUT2D eigenvalue weighted by atomic mass is 35.5. The molecule has 0 aromatic heterocycles. The fourth-order valence-electron chi connectivity index (χ4n) is 4.06. The minimum Gasteiger partial charge on any atom is -0.313 e. The number of hydrogen-bond donors (Lipinski definition) is 1. The van der Waals surface area contributed by atoms with Crippen molar-refractivity contribution < 1.29 is 0 Å². The van der Waals surface area contributed by atoms with E-state index in [1.165, 1.54) is 16.8 Å². The lowest BCUT2D eigenvalue weighted by molar-refractivity contribution is 0.476. The highest BCUT2D eigenvalue weighted by Gasteiger charge is 2.31. The summed E-state index contributed by atoms with van der Waals surface area (Å²) >= 11 is 6.32. The molecule has 0 aliphatic carbocycles. The standard InChI is InChI=1S/C22H26ClN3/c1-4-16-11-21-22(17-7-9-24-10-8-17)25-19-6-5-18(23)12-20(19)26(21)13-14(2)15(16)3/h5-7,11-13,15-16,24H,4,8-10H2,1-3H3. The molecule has 3 aliphatic rings. The van der Waals surface area contributed by atoms with Gasteiger partial charge in [-0.05, 0) is 61.9 Å². The van der Waals surface area contributed by atoms with Crippen LogP contribution in [0.2, 0.25) is 5.02 Å². The number of halogens is 1. The number of rotatable bonds is 2. The van der Waals surface area contributed by atoms with Gasteiger partial charge in [0.2, 0.25) is 0 Å². The number of hydrogen-bond acceptors (Lipinski definition) is 3. The third-order valence-corrected chi connectivity index (χ3v) is 6.07. The van der Waals surface area contributed by atoms with Crippen LogP contribution < -0.4 is 10.2 Å². The van der Waals surface area contributed by atoms with Crippen LogP contribution in [0, 0.1) is 11.8 Å². The van der Waals surface area contributed by atoms with Crippen LogP contribution in [0.4, 0.5) is 11.4 Å². The van der Waals surface area contributed by atoms with E-state index in [0.29, 0.717) is 11.8 Å². The van der Waals surface area contributed by atoms with Crippen LogP contribution in [0.5, 0.6) is 0 Å². The summed E-state index contributed by atoms with van der Waals surface area (Å²) in [5.41, 5.74) is 7.14. The Morgan fingerprint density at radius 3 is 2.92 bits per heavy atom. The van der Waals surface area contributed by atoms with Crippen LogP contribution in [0.3, 0.4) is 0 Å². The van der Waals surface area contributed by atoms with Crippen LogP contribution in [0.1, 0.15) is 33.6 Å². The maximum Gasteiger partial charge on any atom is 0.0904 e. The molecule has 0 radical (unpaired) electrons. The van der Waals surface area contributed by atoms with Gasteiger partial charge in [0.1, 0.15) is 0 Å². The second-order valence-electron chi connectivity index (χ2n) is 7.43. The molecular weight excluding hydrogens is 342 g/mol. The van der Waals surface area contributed by atoms with Crippen molar-refractivity contribution in [2.75, 3.05) is 18.0 Å². The third kappa shape index (κ3) is 3.04. The minimum absolute atomic E-state index is 0.513. The monoisotopic (exact) mass is 367 g/mol. The lowest BCUT2D eigenvalue weighted by Crippen LogP contribution is -2.30. The average Bonchev–Trinajstić information content (AvgIpc) is 2.79. The molecule has 3 aliphatic heterocycles. The summed E-state index contributed by atoms with van der Waals surface area (Å²) in [5, 5.41) is 4.15. The summed E-state index contributed by atoms with van der Waals surface area (Å²) in [7, 11) is 0. The molecule has 136 valence electrons. The number of allylic oxidation sites excluding steroid dienone is 3. The molecule has 0 bridgehead atoms. The molecule has 0 fully saturated rings. The van der Waals surface area contributed by atoms with Crippen LogP contribution in [0.15, 0.2) is 58.4 Å². The number of anilines is 1. The van der Waals surface area contributed by atoms with Crippen molar-refractivity contribution in [1.29, 1.82) is 0 Å². The molecule has 26 heavy (non-hydrogen) atoms. The van der Waals surface area contributed by atoms with Crippen molar-refractivity contribution in [2.45, 2.75) is 33.6 Å². The first-order valence-corrected chi connectivity index (χ1v) is 9.94. The van der Waals surface area contributed by atoms with Crippen molar-refractivity contribution >= 4 is 28.7 Å². The summed E-state index contributed by atoms with van der Waals surface area (Å²) in [4.78, 5) is 7.39. The number of benzene rings is 1. The van der Waals surface area contributed by atoms with E-state index in [9.17, 15) is 0 Å². The van der Waals surface area contributed by atoms with Gasteiger partial charge in [-0.25, -0.2) is 4.99 Å². The Morgan fingerprint density at radius 2 is 2.19 bits per heavy atom. The van der Waals surface area contributed by atoms with Crippen molar-refractivity contribution in [3.63, 3.8) is 0 Å². The molecule has 3 heterocycles. The molecule has 2 unspecified atom stereocenters. The molecule has 4 heteroatoms. The SMILES string of the molecule is CCC1C=C2C(C3=CCNCC3)=Nc3ccc(Cl)cc3N2C=C(C)C1C. The highest BCUT2D eigenvalue weighted by Crippen LogP contribution is 2.43. The molecule has 1 aromatic rings. The Labute approximate surface area is 161 Å². The molecule has 0 spiro atoms. The molecule has 2 atom stereocenters. The zero-order valence-corrected chi connectivity index (χ0v) is 16.5. The smallest absolute Gasteiger partial charge is 0.0904 e. The third-order valence-electron chi connectivity index (χ3n) is 5.84. The predicted octanol–water partition coefficient (Wildman–Crippen LogP) is 5.62. The summed E-state index contributed by atoms with van der Waals surface area (Å²) in [6, 6.07) is 5.99. The normalized spacial score (nSPS) is 25.3. The lowest BCUT2D eigenvalue weighted by atomic mass is 9.86. The number of aliphatic imine (C=N–C) groups is 1. The number of nitrogens with zero attached hydrogens (tertiary/aromatic N) is 2. The van der Waals surface area contributed by atoms with Crippen molar-refractivity contribution in [3.05, 3.63) is 58.4 Å². The van der Waals surface area contributed by atoms with Crippen molar-refractivity contribution in [3.8, 4) is 0 Å². The van der Waals surface area contributed by atoms with E-state index in [0.717, 1.165) is 48.0 Å². The Hall–Kier alpha value is -1.84. The van der Waals surface area contributed by atoms with Gasteiger partial charge in [-0.1, -0.05) is 43.2 Å². The van der Waals surface area contributed by atoms with Crippen molar-refractivity contribution in [1.82, 2.24) is 5.32 Å². The van der Waals surface area contributed by atoms with Crippen molar-refractivity contribution in [2.24, 2.45) is 16.8 Å². The molecular formula is C22H26ClN3. The second kappa shape index (κ2) is 7.05. The van der Waals surface area contributed by atoms with Gasteiger partial charge in [-0.3, -0.25) is 0 Å². The first kappa shape index (κ1) is 17.6. The van der Waals surface area contributed by atoms with E-state index in [2.05, 4.69) is 49.3 Å². The summed E-state index contributed by atoms with van der Waals surface area (Å²) < 4.78 is 0. The van der Waals surface area contributed by atoms with Gasteiger partial charge >= 0.3 is 0 Å². The van der Waals surface area contributed by atoms with Crippen LogP contribution in [0.25, 0.3) is 0 Å². The first-order chi connectivity index (χ1) is 12.6. The van der Waals surface area contributed by atoms with E-state index < -0.39 is 0 Å². The quantitative estimate of drug-likeness (QED) is 0.735. The van der Waals surface area contributed by atoms with E-state index in [-0.39, 0.29) is 0 Å². The topological polar surface area (TPSA) is 27.6 Å². The lowest BCUT2D eigenvalue weighted by Gasteiger charge is -2.32. The van der Waals surface area contributed by atoms with Gasteiger partial charge in [0.15, 0.2) is 0 Å². The van der Waals surface area contributed by atoms with Gasteiger partial charge in [0, 0.05) is 17.8 Å². The zero-order valence-electron chi connectivity index (χ0n) is 15.7. The Kier molecular flexibility index (Phi) is 4.76. The molecule has 0 saturated carbocycles. The molecule has 4 rings (SSSR count). The van der Waals surface area contributed by atoms with Gasteiger partial charge in [-0.2, -0.15) is 0 Å². The second-order valence-corrected chi connectivity index (χ2v) is 7.87. The minimum atomic E-state index is 0.513. The summed E-state index contributed by atoms with van der Waals surface area (Å²) in [6.45, 7) is 8.76. The van der Waals surface area contributed by atoms with E-state index in [4.69, 9.17) is 16.6 Å². The number of nitrogens with one attached hydrogen (secondary N) is 1. The molecule has 0 saturated heterocycles. The van der Waals surface area contributed by atoms with Crippen LogP contribution in [-0.2, 0) is 0 Å². The Balaban J connectivity index is 1.94. The maximum atomic E-state index is 6.32. The zero-order chi connectivity index (χ0) is 18.3. The van der Waals surface area contributed by atoms with Crippen LogP contribution in [-0.4, -0.2) is 18.8 Å². The maximum absolute atomic E-state index is 6.32. The largest absolute Gasteiger partial charge is 0.313 e. The van der Waals surface area contributed by atoms with Gasteiger partial charge in [-0.15, -0.1) is 0 Å². The highest BCUT2D eigenvalue weighted by molar-refractivity contribution is 6.31. The first-order valence-electron chi connectivity index (χ1n) is 9.56. The van der Waals surface area contributed by atoms with E-state index >= 15 is 0 Å². The molecule has 1 aromatic carbocycles. The fraction of sp³-hybridized carbons (Fsp3) is 0.409. The van der Waals surface area contributed by atoms with Gasteiger partial charge in [0.05, 0.1) is 22.8 Å². The molecule has 1 N–H and O–H groups in total. The van der Waals surface area contributed by atoms with E-state index in [1.54, 1.807) is 0 Å². The van der Waals surface area contributed by atoms with Gasteiger partial charge in [0.25, 0.3) is 0 Å². The predicted molar refractivity (Wildman–Crippen MR) is 111 cm³/mol. The van der Waals surface area contributed by atoms with Gasteiger partial charge < -0.3 is 10.2 Å². The molecule has 0 amide bonds. The average molecular weight is 368 g/mol. The van der Waals surface area contributed by atoms with Crippen LogP contribution >= 0.6 is 11.6 Å². The fourth-order valence-corrected chi connectivity index (χ4v) is 4.22. The summed E-state index contributed by atoms with van der Waals surface area (Å²) in [6.07, 6.45) is 9.15. The number of fused-ring (bicyclic) bond motifs is 3. The molecule has 3 nitrogen and oxygen atoms in total.